The van der Waals surface area contributed by atoms with Crippen LogP contribution in [0.25, 0.3) is 0 Å². The third kappa shape index (κ3) is 5.57. The maximum atomic E-state index is 11.8. The fourth-order valence-corrected chi connectivity index (χ4v) is 2.55. The highest BCUT2D eigenvalue weighted by Gasteiger charge is 2.22. The lowest BCUT2D eigenvalue weighted by Gasteiger charge is -2.22. The van der Waals surface area contributed by atoms with Crippen molar-refractivity contribution in [1.29, 1.82) is 0 Å². The largest absolute Gasteiger partial charge is 0.488 e. The average molecular weight is 374 g/mol. The van der Waals surface area contributed by atoms with E-state index in [-0.39, 0.29) is 17.5 Å². The molecule has 146 valence electrons. The lowest BCUT2D eigenvalue weighted by Crippen LogP contribution is -2.38. The molecule has 1 amide bonds. The quantitative estimate of drug-likeness (QED) is 0.724. The maximum Gasteiger partial charge on any atom is 0.407 e. The topological polar surface area (TPSA) is 93.7 Å². The summed E-state index contributed by atoms with van der Waals surface area (Å²) < 4.78 is 10.4. The van der Waals surface area contributed by atoms with E-state index in [1.165, 1.54) is 0 Å². The fourth-order valence-electron chi connectivity index (χ4n) is 2.55. The second-order valence-electron chi connectivity index (χ2n) is 7.37. The van der Waals surface area contributed by atoms with Gasteiger partial charge in [-0.25, -0.2) is 4.79 Å². The van der Waals surface area contributed by atoms with Crippen LogP contribution >= 0.6 is 0 Å². The number of anilines is 2. The number of nitrogens with one attached hydrogen (secondary N) is 2. The number of carbonyl (C=O) groups excluding carboxylic acids is 1. The summed E-state index contributed by atoms with van der Waals surface area (Å²) >= 11 is 0. The van der Waals surface area contributed by atoms with Crippen LogP contribution in [0.15, 0.2) is 33.9 Å². The molecule has 0 aliphatic heterocycles. The van der Waals surface area contributed by atoms with Crippen LogP contribution in [0.2, 0.25) is 0 Å². The van der Waals surface area contributed by atoms with E-state index in [0.717, 1.165) is 5.56 Å². The van der Waals surface area contributed by atoms with Gasteiger partial charge in [0.25, 0.3) is 10.9 Å². The Kier molecular flexibility index (Phi) is 6.25. The van der Waals surface area contributed by atoms with Crippen LogP contribution in [0.3, 0.4) is 0 Å². The SMILES string of the molecule is CCOc1c(Nc2ccc(CC(C)NC(=O)OC(C)(C)C)cc2)c(=O)c1=O. The lowest BCUT2D eigenvalue weighted by atomic mass is 10.1. The van der Waals surface area contributed by atoms with Crippen LogP contribution in [-0.2, 0) is 11.2 Å². The van der Waals surface area contributed by atoms with Crippen LogP contribution in [0.4, 0.5) is 16.2 Å². The number of hydrogen-bond acceptors (Lipinski definition) is 6. The maximum absolute atomic E-state index is 11.8. The number of benzene rings is 1. The number of amides is 1. The van der Waals surface area contributed by atoms with E-state index < -0.39 is 22.6 Å². The van der Waals surface area contributed by atoms with Gasteiger partial charge in [0.15, 0.2) is 5.75 Å². The fraction of sp³-hybridized carbons (Fsp3) is 0.450. The van der Waals surface area contributed by atoms with Crippen molar-refractivity contribution in [3.63, 3.8) is 0 Å². The van der Waals surface area contributed by atoms with Crippen molar-refractivity contribution >= 4 is 17.5 Å². The Morgan fingerprint density at radius 1 is 1.11 bits per heavy atom. The molecule has 2 rings (SSSR count). The molecule has 2 aromatic carbocycles. The molecule has 1 unspecified atom stereocenters. The molecule has 7 nitrogen and oxygen atoms in total. The van der Waals surface area contributed by atoms with Gasteiger partial charge in [0.1, 0.15) is 11.3 Å². The average Bonchev–Trinajstić information content (AvgIpc) is 2.57. The highest BCUT2D eigenvalue weighted by Crippen LogP contribution is 2.23. The Labute approximate surface area is 158 Å². The molecular weight excluding hydrogens is 348 g/mol. The number of rotatable bonds is 7. The molecule has 1 atom stereocenters. The van der Waals surface area contributed by atoms with E-state index >= 15 is 0 Å². The predicted octanol–water partition coefficient (Wildman–Crippen LogP) is 2.88. The Bertz CT molecular complexity index is 858. The molecule has 0 radical (unpaired) electrons. The summed E-state index contributed by atoms with van der Waals surface area (Å²) in [6.07, 6.45) is 0.181. The third-order valence-corrected chi connectivity index (χ3v) is 3.68. The molecule has 0 fully saturated rings. The highest BCUT2D eigenvalue weighted by molar-refractivity contribution is 5.70. The smallest absolute Gasteiger partial charge is 0.407 e. The van der Waals surface area contributed by atoms with E-state index in [2.05, 4.69) is 10.6 Å². The Morgan fingerprint density at radius 3 is 2.30 bits per heavy atom. The Balaban J connectivity index is 1.94. The molecular formula is C20H26N2O5. The van der Waals surface area contributed by atoms with Gasteiger partial charge in [0, 0.05) is 11.7 Å². The summed E-state index contributed by atoms with van der Waals surface area (Å²) in [5.41, 5.74) is 0.177. The van der Waals surface area contributed by atoms with E-state index in [0.29, 0.717) is 18.7 Å². The molecule has 2 aromatic rings. The number of ether oxygens (including phenoxy) is 2. The van der Waals surface area contributed by atoms with Crippen molar-refractivity contribution in [2.45, 2.75) is 52.7 Å². The summed E-state index contributed by atoms with van der Waals surface area (Å²) in [6, 6.07) is 7.30. The van der Waals surface area contributed by atoms with Crippen molar-refractivity contribution in [1.82, 2.24) is 5.32 Å². The minimum Gasteiger partial charge on any atom is -0.488 e. The third-order valence-electron chi connectivity index (χ3n) is 3.68. The monoisotopic (exact) mass is 374 g/mol. The zero-order chi connectivity index (χ0) is 20.2. The molecule has 0 aliphatic carbocycles. The van der Waals surface area contributed by atoms with Crippen molar-refractivity contribution in [2.24, 2.45) is 0 Å². The first-order chi connectivity index (χ1) is 12.6. The van der Waals surface area contributed by atoms with Gasteiger partial charge in [0.2, 0.25) is 0 Å². The Hall–Kier alpha value is -2.83. The number of hydrogen-bond donors (Lipinski definition) is 2. The zero-order valence-corrected chi connectivity index (χ0v) is 16.3. The molecule has 0 spiro atoms. The molecule has 0 saturated carbocycles. The van der Waals surface area contributed by atoms with E-state index in [9.17, 15) is 14.4 Å². The zero-order valence-electron chi connectivity index (χ0n) is 16.3. The van der Waals surface area contributed by atoms with E-state index in [1.54, 1.807) is 6.92 Å². The van der Waals surface area contributed by atoms with Crippen LogP contribution in [0.1, 0.15) is 40.2 Å². The van der Waals surface area contributed by atoms with Gasteiger partial charge in [-0.05, 0) is 58.7 Å². The van der Waals surface area contributed by atoms with E-state index in [1.807, 2.05) is 52.0 Å². The van der Waals surface area contributed by atoms with Gasteiger partial charge in [0.05, 0.1) is 6.61 Å². The van der Waals surface area contributed by atoms with Crippen molar-refractivity contribution < 1.29 is 14.3 Å². The summed E-state index contributed by atoms with van der Waals surface area (Å²) in [6.45, 7) is 9.41. The van der Waals surface area contributed by atoms with Gasteiger partial charge < -0.3 is 20.1 Å². The molecule has 0 saturated heterocycles. The van der Waals surface area contributed by atoms with Crippen LogP contribution in [-0.4, -0.2) is 24.3 Å². The van der Waals surface area contributed by atoms with Crippen molar-refractivity contribution in [3.05, 3.63) is 50.3 Å². The molecule has 0 bridgehead atoms. The summed E-state index contributed by atoms with van der Waals surface area (Å²) in [5, 5.41) is 5.72. The van der Waals surface area contributed by atoms with Crippen LogP contribution in [0, 0.1) is 0 Å². The molecule has 2 N–H and O–H groups in total. The first-order valence-corrected chi connectivity index (χ1v) is 8.92. The van der Waals surface area contributed by atoms with Crippen LogP contribution in [0.5, 0.6) is 5.75 Å². The molecule has 27 heavy (non-hydrogen) atoms. The predicted molar refractivity (Wildman–Crippen MR) is 105 cm³/mol. The summed E-state index contributed by atoms with van der Waals surface area (Å²) in [5.74, 6) is 0.0850. The normalized spacial score (nSPS) is 12.5. The highest BCUT2D eigenvalue weighted by atomic mass is 16.6. The minimum absolute atomic E-state index is 0.0850. The summed E-state index contributed by atoms with van der Waals surface area (Å²) in [4.78, 5) is 34.9. The van der Waals surface area contributed by atoms with Gasteiger partial charge in [-0.15, -0.1) is 0 Å². The lowest BCUT2D eigenvalue weighted by molar-refractivity contribution is 0.0508. The van der Waals surface area contributed by atoms with Gasteiger partial charge in [-0.2, -0.15) is 0 Å². The van der Waals surface area contributed by atoms with Crippen LogP contribution < -0.4 is 26.2 Å². The number of carbonyl (C=O) groups is 1. The summed E-state index contributed by atoms with van der Waals surface area (Å²) in [7, 11) is 0. The van der Waals surface area contributed by atoms with Gasteiger partial charge >= 0.3 is 6.09 Å². The molecule has 0 aromatic heterocycles. The number of alkyl carbamates (subject to hydrolysis) is 1. The van der Waals surface area contributed by atoms with Gasteiger partial charge in [-0.1, -0.05) is 12.1 Å². The molecule has 7 heteroatoms. The van der Waals surface area contributed by atoms with E-state index in [4.69, 9.17) is 9.47 Å². The van der Waals surface area contributed by atoms with Crippen molar-refractivity contribution in [2.75, 3.05) is 11.9 Å². The molecule has 0 aliphatic rings. The second kappa shape index (κ2) is 8.24. The standard InChI is InChI=1S/C20H26N2O5/c1-6-26-18-15(16(23)17(18)24)22-14-9-7-13(8-10-14)11-12(2)21-19(25)27-20(3,4)5/h7-10,12,22H,6,11H2,1-5H3,(H,21,25). The van der Waals surface area contributed by atoms with Crippen molar-refractivity contribution in [3.8, 4) is 5.75 Å². The first kappa shape index (κ1) is 20.5. The second-order valence-corrected chi connectivity index (χ2v) is 7.37. The molecule has 0 heterocycles. The minimum atomic E-state index is -0.599. The first-order valence-electron chi connectivity index (χ1n) is 8.92. The Morgan fingerprint density at radius 2 is 1.74 bits per heavy atom. The van der Waals surface area contributed by atoms with Gasteiger partial charge in [-0.3, -0.25) is 9.59 Å².